The monoisotopic (exact) mass is 559 g/mol. The first-order valence-electron chi connectivity index (χ1n) is 12.6. The molecule has 0 saturated carbocycles. The molecule has 3 atom stereocenters. The van der Waals surface area contributed by atoms with Gasteiger partial charge in [0.2, 0.25) is 0 Å². The van der Waals surface area contributed by atoms with Crippen LogP contribution in [0.3, 0.4) is 0 Å². The van der Waals surface area contributed by atoms with E-state index < -0.39 is 23.4 Å². The van der Waals surface area contributed by atoms with E-state index in [9.17, 15) is 14.4 Å². The number of para-hydroxylation sites is 1. The highest BCUT2D eigenvalue weighted by molar-refractivity contribution is 9.10. The molecule has 0 N–H and O–H groups in total. The lowest BCUT2D eigenvalue weighted by molar-refractivity contribution is 0.0666. The van der Waals surface area contributed by atoms with Crippen molar-refractivity contribution in [3.8, 4) is 0 Å². The Labute approximate surface area is 228 Å². The van der Waals surface area contributed by atoms with Crippen LogP contribution >= 0.6 is 15.9 Å². The van der Waals surface area contributed by atoms with Gasteiger partial charge in [-0.3, -0.25) is 14.4 Å². The Morgan fingerprint density at radius 1 is 0.737 bits per heavy atom. The van der Waals surface area contributed by atoms with Crippen LogP contribution in [0.1, 0.15) is 48.1 Å². The van der Waals surface area contributed by atoms with E-state index in [0.717, 1.165) is 21.3 Å². The zero-order valence-corrected chi connectivity index (χ0v) is 21.8. The molecule has 3 aliphatic rings. The van der Waals surface area contributed by atoms with Gasteiger partial charge in [0, 0.05) is 32.8 Å². The highest BCUT2D eigenvalue weighted by atomic mass is 79.9. The maximum Gasteiger partial charge on any atom is 0.185 e. The minimum Gasteiger partial charge on any atom is -0.352 e. The quantitative estimate of drug-likeness (QED) is 0.205. The number of carbonyl (C=O) groups excluding carboxylic acids is 3. The van der Waals surface area contributed by atoms with Crippen LogP contribution < -0.4 is 4.90 Å². The molecule has 4 aromatic rings. The van der Waals surface area contributed by atoms with Crippen molar-refractivity contribution >= 4 is 45.0 Å². The second-order valence-electron chi connectivity index (χ2n) is 10.0. The Morgan fingerprint density at radius 2 is 1.34 bits per heavy atom. The number of fused-ring (bicyclic) bond motifs is 5. The molecule has 1 aliphatic carbocycles. The smallest absolute Gasteiger partial charge is 0.185 e. The summed E-state index contributed by atoms with van der Waals surface area (Å²) in [5, 5.41) is 0. The zero-order chi connectivity index (χ0) is 26.0. The summed E-state index contributed by atoms with van der Waals surface area (Å²) < 4.78 is 0.884. The van der Waals surface area contributed by atoms with Crippen molar-refractivity contribution in [2.75, 3.05) is 4.90 Å². The molecule has 38 heavy (non-hydrogen) atoms. The van der Waals surface area contributed by atoms with Crippen LogP contribution in [-0.4, -0.2) is 29.4 Å². The predicted molar refractivity (Wildman–Crippen MR) is 151 cm³/mol. The van der Waals surface area contributed by atoms with Crippen LogP contribution in [0, 0.1) is 5.41 Å². The number of rotatable bonds is 3. The average molecular weight is 560 g/mol. The minimum atomic E-state index is -1.48. The molecule has 0 radical (unpaired) electrons. The fraction of sp³-hybridized carbons (Fsp3) is 0.121. The summed E-state index contributed by atoms with van der Waals surface area (Å²) in [6, 6.07) is 30.4. The summed E-state index contributed by atoms with van der Waals surface area (Å²) in [7, 11) is 0. The summed E-state index contributed by atoms with van der Waals surface area (Å²) in [6.07, 6.45) is 3.93. The Balaban J connectivity index is 1.55. The fourth-order valence-electron chi connectivity index (χ4n) is 6.73. The van der Waals surface area contributed by atoms with E-state index in [0.29, 0.717) is 16.7 Å². The van der Waals surface area contributed by atoms with Gasteiger partial charge < -0.3 is 4.90 Å². The van der Waals surface area contributed by atoms with Crippen molar-refractivity contribution in [2.45, 2.75) is 18.0 Å². The van der Waals surface area contributed by atoms with Crippen molar-refractivity contribution < 1.29 is 14.4 Å². The third kappa shape index (κ3) is 2.99. The molecular weight excluding hydrogens is 538 g/mol. The summed E-state index contributed by atoms with van der Waals surface area (Å²) in [5.74, 6) is -1.24. The normalized spacial score (nSPS) is 22.3. The molecule has 7 rings (SSSR count). The van der Waals surface area contributed by atoms with Gasteiger partial charge in [-0.15, -0.1) is 0 Å². The summed E-state index contributed by atoms with van der Waals surface area (Å²) in [4.78, 5) is 45.6. The zero-order valence-electron chi connectivity index (χ0n) is 20.3. The largest absolute Gasteiger partial charge is 0.352 e. The maximum absolute atomic E-state index is 14.6. The molecule has 4 nitrogen and oxygen atoms in total. The second-order valence-corrected chi connectivity index (χ2v) is 11.0. The molecule has 184 valence electrons. The lowest BCUT2D eigenvalue weighted by Crippen LogP contribution is -2.48. The standard InChI is InChI=1S/C33H22BrNO3/c34-23-17-14-21(15-18-23)28-29(30(36)22-9-2-1-3-10-22)35-26-13-7-4-8-20(26)16-19-27(35)33(28)31(37)24-11-5-6-12-25(24)32(33)38/h1-19,27-29H/t27-,28-,29+/m1/s1. The molecule has 0 amide bonds. The van der Waals surface area contributed by atoms with Crippen LogP contribution in [0.2, 0.25) is 0 Å². The van der Waals surface area contributed by atoms with E-state index in [1.807, 2.05) is 83.8 Å². The average Bonchev–Trinajstić information content (AvgIpc) is 3.40. The van der Waals surface area contributed by atoms with Crippen LogP contribution in [0.5, 0.6) is 0 Å². The number of hydrogen-bond acceptors (Lipinski definition) is 4. The van der Waals surface area contributed by atoms with Gasteiger partial charge in [0.15, 0.2) is 17.3 Å². The molecule has 1 spiro atoms. The summed E-state index contributed by atoms with van der Waals surface area (Å²) in [5.41, 5.74) is 2.53. The number of hydrogen-bond donors (Lipinski definition) is 0. The molecule has 0 aromatic heterocycles. The number of halogens is 1. The van der Waals surface area contributed by atoms with Crippen molar-refractivity contribution in [1.82, 2.24) is 0 Å². The highest BCUT2D eigenvalue weighted by Crippen LogP contribution is 2.61. The van der Waals surface area contributed by atoms with Crippen LogP contribution in [-0.2, 0) is 0 Å². The Bertz CT molecular complexity index is 1620. The third-order valence-corrected chi connectivity index (χ3v) is 8.80. The summed E-state index contributed by atoms with van der Waals surface area (Å²) >= 11 is 3.52. The van der Waals surface area contributed by atoms with Crippen LogP contribution in [0.15, 0.2) is 114 Å². The second kappa shape index (κ2) is 8.47. The van der Waals surface area contributed by atoms with Gasteiger partial charge in [0.1, 0.15) is 11.5 Å². The molecule has 0 unspecified atom stereocenters. The van der Waals surface area contributed by atoms with Crippen molar-refractivity contribution in [3.05, 3.63) is 141 Å². The Hall–Kier alpha value is -4.09. The van der Waals surface area contributed by atoms with Crippen molar-refractivity contribution in [3.63, 3.8) is 0 Å². The number of ketones is 3. The van der Waals surface area contributed by atoms with E-state index >= 15 is 0 Å². The maximum atomic E-state index is 14.6. The fourth-order valence-corrected chi connectivity index (χ4v) is 7.00. The number of Topliss-reactive ketones (excluding diaryl/α,β-unsaturated/α-hetero) is 3. The Morgan fingerprint density at radius 3 is 2.03 bits per heavy atom. The first-order valence-corrected chi connectivity index (χ1v) is 13.4. The Kier molecular flexibility index (Phi) is 5.14. The number of nitrogens with zero attached hydrogens (tertiary/aromatic N) is 1. The first kappa shape index (κ1) is 23.1. The lowest BCUT2D eigenvalue weighted by atomic mass is 9.64. The SMILES string of the molecule is O=C(c1ccccc1)[C@@H]1[C@@H](c2ccc(Br)cc2)C2(C(=O)c3ccccc3C2=O)[C@H]2C=Cc3ccccc3N12. The van der Waals surface area contributed by atoms with Gasteiger partial charge in [-0.1, -0.05) is 113 Å². The molecular formula is C33H22BrNO3. The van der Waals surface area contributed by atoms with E-state index in [1.54, 1.807) is 36.4 Å². The lowest BCUT2D eigenvalue weighted by Gasteiger charge is -2.37. The highest BCUT2D eigenvalue weighted by Gasteiger charge is 2.71. The van der Waals surface area contributed by atoms with Crippen molar-refractivity contribution in [1.29, 1.82) is 0 Å². The van der Waals surface area contributed by atoms with Gasteiger partial charge in [-0.05, 0) is 29.3 Å². The van der Waals surface area contributed by atoms with Gasteiger partial charge in [0.25, 0.3) is 0 Å². The van der Waals surface area contributed by atoms with Gasteiger partial charge in [-0.2, -0.15) is 0 Å². The molecule has 2 heterocycles. The van der Waals surface area contributed by atoms with E-state index in [-0.39, 0.29) is 17.3 Å². The van der Waals surface area contributed by atoms with E-state index in [4.69, 9.17) is 0 Å². The number of benzene rings is 4. The number of carbonyl (C=O) groups is 3. The van der Waals surface area contributed by atoms with Gasteiger partial charge in [0.05, 0.1) is 6.04 Å². The molecule has 2 aliphatic heterocycles. The molecule has 1 fully saturated rings. The molecule has 4 aromatic carbocycles. The van der Waals surface area contributed by atoms with Crippen molar-refractivity contribution in [2.24, 2.45) is 5.41 Å². The molecule has 5 heteroatoms. The first-order chi connectivity index (χ1) is 18.5. The van der Waals surface area contributed by atoms with Crippen LogP contribution in [0.4, 0.5) is 5.69 Å². The third-order valence-electron chi connectivity index (χ3n) is 8.27. The topological polar surface area (TPSA) is 54.5 Å². The van der Waals surface area contributed by atoms with Gasteiger partial charge in [-0.25, -0.2) is 0 Å². The molecule has 0 bridgehead atoms. The summed E-state index contributed by atoms with van der Waals surface area (Å²) in [6.45, 7) is 0. The molecule has 1 saturated heterocycles. The number of anilines is 1. The van der Waals surface area contributed by atoms with E-state index in [1.165, 1.54) is 0 Å². The van der Waals surface area contributed by atoms with Gasteiger partial charge >= 0.3 is 0 Å². The predicted octanol–water partition coefficient (Wildman–Crippen LogP) is 6.77. The van der Waals surface area contributed by atoms with E-state index in [2.05, 4.69) is 15.9 Å². The minimum absolute atomic E-state index is 0.109. The van der Waals surface area contributed by atoms with Crippen LogP contribution in [0.25, 0.3) is 6.08 Å².